The van der Waals surface area contributed by atoms with Crippen LogP contribution in [0.1, 0.15) is 18.9 Å². The number of halogens is 1. The lowest BCUT2D eigenvalue weighted by Crippen LogP contribution is -2.39. The second-order valence-corrected chi connectivity index (χ2v) is 8.46. The SMILES string of the molecule is CCOc1cccc(NC(=O)C[C@@H]2C(=O)N(c3ccccc3)C(=S)N2CCc2ccc(F)cc2)c1. The molecule has 0 saturated carbocycles. The molecule has 0 aromatic heterocycles. The maximum atomic E-state index is 13.5. The van der Waals surface area contributed by atoms with Crippen LogP contribution in [-0.2, 0) is 16.0 Å². The maximum absolute atomic E-state index is 13.5. The first-order chi connectivity index (χ1) is 17.0. The van der Waals surface area contributed by atoms with Crippen molar-refractivity contribution in [2.75, 3.05) is 23.4 Å². The van der Waals surface area contributed by atoms with Crippen LogP contribution < -0.4 is 15.0 Å². The fraction of sp³-hybridized carbons (Fsp3) is 0.222. The number of hydrogen-bond donors (Lipinski definition) is 1. The number of rotatable bonds is 9. The number of carbonyl (C=O) groups excluding carboxylic acids is 2. The van der Waals surface area contributed by atoms with E-state index in [0.717, 1.165) is 5.56 Å². The molecule has 2 amide bonds. The van der Waals surface area contributed by atoms with Gasteiger partial charge in [0.05, 0.1) is 18.7 Å². The quantitative estimate of drug-likeness (QED) is 0.436. The third-order valence-corrected chi connectivity index (χ3v) is 6.11. The second-order valence-electron chi connectivity index (χ2n) is 8.09. The monoisotopic (exact) mass is 491 g/mol. The van der Waals surface area contributed by atoms with E-state index in [1.165, 1.54) is 17.0 Å². The highest BCUT2D eigenvalue weighted by molar-refractivity contribution is 7.80. The molecule has 0 radical (unpaired) electrons. The molecule has 1 aliphatic heterocycles. The van der Waals surface area contributed by atoms with Crippen molar-refractivity contribution in [3.63, 3.8) is 0 Å². The van der Waals surface area contributed by atoms with Crippen LogP contribution in [0.4, 0.5) is 15.8 Å². The summed E-state index contributed by atoms with van der Waals surface area (Å²) in [6, 6.07) is 21.7. The van der Waals surface area contributed by atoms with Crippen molar-refractivity contribution in [1.29, 1.82) is 0 Å². The highest BCUT2D eigenvalue weighted by Crippen LogP contribution is 2.28. The van der Waals surface area contributed by atoms with E-state index >= 15 is 0 Å². The van der Waals surface area contributed by atoms with E-state index in [1.807, 2.05) is 43.3 Å². The van der Waals surface area contributed by atoms with Gasteiger partial charge in [0.25, 0.3) is 5.91 Å². The topological polar surface area (TPSA) is 61.9 Å². The Labute approximate surface area is 209 Å². The third-order valence-electron chi connectivity index (χ3n) is 5.70. The van der Waals surface area contributed by atoms with Gasteiger partial charge in [-0.3, -0.25) is 14.5 Å². The number of carbonyl (C=O) groups is 2. The van der Waals surface area contributed by atoms with Crippen molar-refractivity contribution in [2.45, 2.75) is 25.8 Å². The number of hydrogen-bond acceptors (Lipinski definition) is 4. The minimum Gasteiger partial charge on any atom is -0.494 e. The van der Waals surface area contributed by atoms with Gasteiger partial charge in [-0.25, -0.2) is 4.39 Å². The lowest BCUT2D eigenvalue weighted by atomic mass is 10.1. The molecular weight excluding hydrogens is 465 g/mol. The molecule has 8 heteroatoms. The van der Waals surface area contributed by atoms with Crippen LogP contribution in [0.2, 0.25) is 0 Å². The minimum atomic E-state index is -0.752. The zero-order chi connectivity index (χ0) is 24.8. The van der Waals surface area contributed by atoms with E-state index in [-0.39, 0.29) is 24.1 Å². The first-order valence-corrected chi connectivity index (χ1v) is 11.8. The Bertz CT molecular complexity index is 1200. The number of benzene rings is 3. The lowest BCUT2D eigenvalue weighted by molar-refractivity contribution is -0.124. The van der Waals surface area contributed by atoms with Crippen molar-refractivity contribution in [1.82, 2.24) is 4.90 Å². The molecule has 0 bridgehead atoms. The summed E-state index contributed by atoms with van der Waals surface area (Å²) in [6.45, 7) is 2.82. The largest absolute Gasteiger partial charge is 0.494 e. The number of nitrogens with one attached hydrogen (secondary N) is 1. The van der Waals surface area contributed by atoms with Gasteiger partial charge in [0.1, 0.15) is 17.6 Å². The number of anilines is 2. The molecule has 35 heavy (non-hydrogen) atoms. The Morgan fingerprint density at radius 3 is 2.51 bits per heavy atom. The predicted molar refractivity (Wildman–Crippen MR) is 138 cm³/mol. The van der Waals surface area contributed by atoms with Crippen molar-refractivity contribution in [3.8, 4) is 5.75 Å². The number of thiocarbonyl (C=S) groups is 1. The Balaban J connectivity index is 1.52. The average molecular weight is 492 g/mol. The molecule has 6 nitrogen and oxygen atoms in total. The van der Waals surface area contributed by atoms with Gasteiger partial charge in [0, 0.05) is 18.3 Å². The summed E-state index contributed by atoms with van der Waals surface area (Å²) in [5.74, 6) is -0.210. The summed E-state index contributed by atoms with van der Waals surface area (Å²) < 4.78 is 18.8. The molecule has 3 aromatic carbocycles. The standard InChI is InChI=1S/C27H26FN3O3S/c1-2-34-23-10-6-7-21(17-23)29-25(32)18-24-26(33)31(22-8-4-3-5-9-22)27(35)30(24)16-15-19-11-13-20(28)14-12-19/h3-14,17,24H,2,15-16,18H2,1H3,(H,29,32)/t24-/m1/s1. The number of para-hydroxylation sites is 1. The molecule has 0 unspecified atom stereocenters. The molecule has 1 atom stereocenters. The van der Waals surface area contributed by atoms with Crippen molar-refractivity contribution < 1.29 is 18.7 Å². The highest BCUT2D eigenvalue weighted by Gasteiger charge is 2.43. The van der Waals surface area contributed by atoms with Crippen LogP contribution in [-0.4, -0.2) is 41.0 Å². The summed E-state index contributed by atoms with van der Waals surface area (Å²) in [7, 11) is 0. The van der Waals surface area contributed by atoms with Crippen LogP contribution in [0.25, 0.3) is 0 Å². The van der Waals surface area contributed by atoms with Crippen LogP contribution in [0.3, 0.4) is 0 Å². The van der Waals surface area contributed by atoms with E-state index in [1.54, 1.807) is 35.2 Å². The first-order valence-electron chi connectivity index (χ1n) is 11.4. The van der Waals surface area contributed by atoms with Gasteiger partial charge in [0.15, 0.2) is 5.11 Å². The zero-order valence-corrected chi connectivity index (χ0v) is 20.1. The van der Waals surface area contributed by atoms with E-state index in [0.29, 0.717) is 41.8 Å². The molecule has 1 aliphatic rings. The fourth-order valence-corrected chi connectivity index (χ4v) is 4.43. The summed E-state index contributed by atoms with van der Waals surface area (Å²) in [5.41, 5.74) is 2.16. The maximum Gasteiger partial charge on any atom is 0.256 e. The second kappa shape index (κ2) is 11.1. The highest BCUT2D eigenvalue weighted by atomic mass is 32.1. The fourth-order valence-electron chi connectivity index (χ4n) is 4.02. The van der Waals surface area contributed by atoms with Crippen molar-refractivity contribution >= 4 is 40.5 Å². The molecule has 0 aliphatic carbocycles. The molecule has 1 fully saturated rings. The van der Waals surface area contributed by atoms with E-state index in [4.69, 9.17) is 17.0 Å². The molecule has 1 saturated heterocycles. The smallest absolute Gasteiger partial charge is 0.256 e. The third kappa shape index (κ3) is 5.84. The molecule has 0 spiro atoms. The normalized spacial score (nSPS) is 15.4. The molecule has 180 valence electrons. The minimum absolute atomic E-state index is 0.0649. The lowest BCUT2D eigenvalue weighted by Gasteiger charge is -2.24. The summed E-state index contributed by atoms with van der Waals surface area (Å²) in [5, 5.41) is 3.20. The Kier molecular flexibility index (Phi) is 7.72. The summed E-state index contributed by atoms with van der Waals surface area (Å²) in [4.78, 5) is 29.7. The number of nitrogens with zero attached hydrogens (tertiary/aromatic N) is 2. The van der Waals surface area contributed by atoms with Crippen LogP contribution in [0, 0.1) is 5.82 Å². The average Bonchev–Trinajstić information content (AvgIpc) is 3.08. The van der Waals surface area contributed by atoms with Gasteiger partial charge in [-0.15, -0.1) is 0 Å². The molecule has 3 aromatic rings. The van der Waals surface area contributed by atoms with E-state index < -0.39 is 6.04 Å². The van der Waals surface area contributed by atoms with E-state index in [2.05, 4.69) is 5.32 Å². The van der Waals surface area contributed by atoms with Crippen LogP contribution in [0.5, 0.6) is 5.75 Å². The molecule has 1 N–H and O–H groups in total. The summed E-state index contributed by atoms with van der Waals surface area (Å²) in [6.07, 6.45) is 0.482. The zero-order valence-electron chi connectivity index (χ0n) is 19.3. The van der Waals surface area contributed by atoms with Crippen molar-refractivity contribution in [3.05, 3.63) is 90.2 Å². The van der Waals surface area contributed by atoms with Gasteiger partial charge in [-0.2, -0.15) is 0 Å². The number of amides is 2. The van der Waals surface area contributed by atoms with Crippen molar-refractivity contribution in [2.24, 2.45) is 0 Å². The van der Waals surface area contributed by atoms with Crippen LogP contribution >= 0.6 is 12.2 Å². The Hall–Kier alpha value is -3.78. The number of ether oxygens (including phenoxy) is 1. The van der Waals surface area contributed by atoms with Crippen LogP contribution in [0.15, 0.2) is 78.9 Å². The molecule has 4 rings (SSSR count). The Morgan fingerprint density at radius 2 is 1.80 bits per heavy atom. The van der Waals surface area contributed by atoms with Gasteiger partial charge < -0.3 is 15.0 Å². The first kappa shape index (κ1) is 24.3. The molecule has 1 heterocycles. The summed E-state index contributed by atoms with van der Waals surface area (Å²) >= 11 is 5.69. The van der Waals surface area contributed by atoms with Gasteiger partial charge in [-0.05, 0) is 67.5 Å². The van der Waals surface area contributed by atoms with Gasteiger partial charge in [-0.1, -0.05) is 36.4 Å². The van der Waals surface area contributed by atoms with E-state index in [9.17, 15) is 14.0 Å². The predicted octanol–water partition coefficient (Wildman–Crippen LogP) is 4.80. The van der Waals surface area contributed by atoms with Gasteiger partial charge >= 0.3 is 0 Å². The van der Waals surface area contributed by atoms with Gasteiger partial charge in [0.2, 0.25) is 5.91 Å². The Morgan fingerprint density at radius 1 is 1.06 bits per heavy atom. The molecular formula is C27H26FN3O3S.